The average molecular weight is 560 g/mol. The molecule has 3 atom stereocenters. The quantitative estimate of drug-likeness (QED) is 0.358. The summed E-state index contributed by atoms with van der Waals surface area (Å²) in [5.41, 5.74) is 4.26. The van der Waals surface area contributed by atoms with Crippen molar-refractivity contribution in [3.05, 3.63) is 29.6 Å². The molecule has 2 aliphatic rings. The van der Waals surface area contributed by atoms with Gasteiger partial charge in [-0.15, -0.1) is 0 Å². The number of alkyl halides is 3. The van der Waals surface area contributed by atoms with E-state index < -0.39 is 41.8 Å². The fourth-order valence-corrected chi connectivity index (χ4v) is 5.38. The van der Waals surface area contributed by atoms with Crippen molar-refractivity contribution in [1.82, 2.24) is 10.2 Å². The fourth-order valence-electron chi connectivity index (χ4n) is 5.38. The van der Waals surface area contributed by atoms with Gasteiger partial charge in [0, 0.05) is 18.3 Å². The van der Waals surface area contributed by atoms with Crippen LogP contribution in [0.3, 0.4) is 0 Å². The molecule has 39 heavy (non-hydrogen) atoms. The normalized spacial score (nSPS) is 23.0. The number of amides is 3. The second kappa shape index (κ2) is 13.1. The summed E-state index contributed by atoms with van der Waals surface area (Å²) >= 11 is 0. The minimum absolute atomic E-state index is 0.0435. The highest BCUT2D eigenvalue weighted by Crippen LogP contribution is 2.40. The molecule has 1 heterocycles. The highest BCUT2D eigenvalue weighted by Gasteiger charge is 2.43. The monoisotopic (exact) mass is 559 g/mol. The Hall–Kier alpha value is -2.73. The zero-order chi connectivity index (χ0) is 28.9. The molecule has 1 saturated carbocycles. The van der Waals surface area contributed by atoms with E-state index in [0.29, 0.717) is 18.7 Å². The van der Waals surface area contributed by atoms with Crippen LogP contribution in [-0.2, 0) is 14.4 Å². The van der Waals surface area contributed by atoms with Crippen LogP contribution >= 0.6 is 0 Å². The predicted molar refractivity (Wildman–Crippen MR) is 137 cm³/mol. The molecule has 1 aromatic carbocycles. The lowest BCUT2D eigenvalue weighted by Gasteiger charge is -2.34. The number of benzene rings is 1. The van der Waals surface area contributed by atoms with Crippen LogP contribution in [0.15, 0.2) is 18.2 Å². The molecule has 6 N–H and O–H groups in total. The number of quaternary nitrogens is 2. The number of hydrogen-bond acceptors (Lipinski definition) is 3. The van der Waals surface area contributed by atoms with E-state index >= 15 is 4.39 Å². The van der Waals surface area contributed by atoms with Crippen molar-refractivity contribution in [1.29, 1.82) is 0 Å². The zero-order valence-corrected chi connectivity index (χ0v) is 22.9. The minimum Gasteiger partial charge on any atom is -0.347 e. The van der Waals surface area contributed by atoms with Crippen molar-refractivity contribution in [2.75, 3.05) is 38.5 Å². The van der Waals surface area contributed by atoms with Gasteiger partial charge in [-0.3, -0.25) is 14.4 Å². The van der Waals surface area contributed by atoms with Crippen LogP contribution in [0, 0.1) is 17.7 Å². The first-order chi connectivity index (χ1) is 18.3. The van der Waals surface area contributed by atoms with E-state index in [-0.39, 0.29) is 55.5 Å². The van der Waals surface area contributed by atoms with Gasteiger partial charge in [0.2, 0.25) is 11.8 Å². The van der Waals surface area contributed by atoms with E-state index in [4.69, 9.17) is 0 Å². The molecule has 0 bridgehead atoms. The van der Waals surface area contributed by atoms with Crippen LogP contribution in [0.5, 0.6) is 0 Å². The molecular weight excluding hydrogens is 518 g/mol. The molecule has 0 unspecified atom stereocenters. The van der Waals surface area contributed by atoms with E-state index in [2.05, 4.69) is 23.4 Å². The molecular formula is C27H41F4N5O3+2. The highest BCUT2D eigenvalue weighted by molar-refractivity contribution is 5.94. The van der Waals surface area contributed by atoms with E-state index in [1.165, 1.54) is 17.0 Å². The fraction of sp³-hybridized carbons (Fsp3) is 0.667. The molecule has 1 aliphatic carbocycles. The largest absolute Gasteiger partial charge is 0.391 e. The van der Waals surface area contributed by atoms with Crippen molar-refractivity contribution in [3.63, 3.8) is 0 Å². The summed E-state index contributed by atoms with van der Waals surface area (Å²) < 4.78 is 54.0. The van der Waals surface area contributed by atoms with Crippen molar-refractivity contribution in [2.24, 2.45) is 11.8 Å². The number of hydrogen-bond donors (Lipinski definition) is 4. The minimum atomic E-state index is -4.24. The third kappa shape index (κ3) is 7.91. The first kappa shape index (κ1) is 30.8. The van der Waals surface area contributed by atoms with Crippen molar-refractivity contribution >= 4 is 23.4 Å². The summed E-state index contributed by atoms with van der Waals surface area (Å²) in [7, 11) is 2.05. The number of piperazine rings is 1. The Labute approximate surface area is 226 Å². The van der Waals surface area contributed by atoms with Crippen LogP contribution in [-0.4, -0.2) is 74.1 Å². The molecule has 8 nitrogen and oxygen atoms in total. The van der Waals surface area contributed by atoms with E-state index in [1.54, 1.807) is 24.8 Å². The van der Waals surface area contributed by atoms with Crippen LogP contribution in [0.4, 0.5) is 23.2 Å². The number of rotatable bonds is 8. The summed E-state index contributed by atoms with van der Waals surface area (Å²) in [5.74, 6) is -3.96. The Balaban J connectivity index is 1.67. The first-order valence-electron chi connectivity index (χ1n) is 13.7. The number of likely N-dealkylation sites (N-methyl/N-ethyl adjacent to an activating group) is 1. The summed E-state index contributed by atoms with van der Waals surface area (Å²) in [5, 5.41) is 5.31. The Kier molecular flexibility index (Phi) is 10.3. The second-order valence-corrected chi connectivity index (χ2v) is 11.0. The number of nitrogens with one attached hydrogen (secondary N) is 3. The van der Waals surface area contributed by atoms with Gasteiger partial charge in [-0.2, -0.15) is 13.2 Å². The van der Waals surface area contributed by atoms with Crippen molar-refractivity contribution in [3.8, 4) is 0 Å². The SMILES string of the molecule is CCC(=O)N[C@@H](C(=O)N1CC[NH+](C)CC1)[C@@H](C)c1ccc(NC(=O)[C@@H]([NH3+])C2CCC(C(F)(F)F)CC2)c(F)c1. The standard InChI is InChI=1S/C27H39F4N5O3/c1-4-22(37)34-24(26(39)36-13-11-35(3)12-14-36)16(2)18-7-10-21(20(28)15-18)33-25(38)23(32)17-5-8-19(9-6-17)27(29,30)31/h7,10,15-17,19,23-24H,4-6,8-9,11-14,32H2,1-3H3,(H,33,38)(H,34,37)/p+2/t16-,17?,19?,23-,24+/m0/s1. The van der Waals surface area contributed by atoms with Gasteiger partial charge in [0.05, 0.1) is 44.8 Å². The number of nitrogens with zero attached hydrogens (tertiary/aromatic N) is 1. The van der Waals surface area contributed by atoms with Crippen LogP contribution in [0.1, 0.15) is 57.4 Å². The van der Waals surface area contributed by atoms with Crippen molar-refractivity contribution < 1.29 is 42.6 Å². The summed E-state index contributed by atoms with van der Waals surface area (Å²) in [4.78, 5) is 41.4. The van der Waals surface area contributed by atoms with Gasteiger partial charge in [-0.1, -0.05) is 19.9 Å². The molecule has 3 amide bonds. The zero-order valence-electron chi connectivity index (χ0n) is 22.9. The van der Waals surface area contributed by atoms with E-state index in [1.807, 2.05) is 0 Å². The number of anilines is 1. The maximum absolute atomic E-state index is 15.1. The van der Waals surface area contributed by atoms with Gasteiger partial charge in [0.15, 0.2) is 6.04 Å². The van der Waals surface area contributed by atoms with E-state index in [9.17, 15) is 27.6 Å². The number of carbonyl (C=O) groups excluding carboxylic acids is 3. The lowest BCUT2D eigenvalue weighted by atomic mass is 9.78. The van der Waals surface area contributed by atoms with Gasteiger partial charge in [0.25, 0.3) is 5.91 Å². The predicted octanol–water partition coefficient (Wildman–Crippen LogP) is 1.10. The smallest absolute Gasteiger partial charge is 0.347 e. The Bertz CT molecular complexity index is 1020. The lowest BCUT2D eigenvalue weighted by Crippen LogP contribution is -3.12. The highest BCUT2D eigenvalue weighted by atomic mass is 19.4. The Morgan fingerprint density at radius 1 is 1.13 bits per heavy atom. The van der Waals surface area contributed by atoms with Gasteiger partial charge < -0.3 is 26.2 Å². The Morgan fingerprint density at radius 3 is 2.28 bits per heavy atom. The lowest BCUT2D eigenvalue weighted by molar-refractivity contribution is -0.883. The van der Waals surface area contributed by atoms with Gasteiger partial charge in [-0.25, -0.2) is 4.39 Å². The molecule has 0 aromatic heterocycles. The van der Waals surface area contributed by atoms with Crippen molar-refractivity contribution in [2.45, 2.75) is 70.1 Å². The molecule has 3 rings (SSSR count). The average Bonchev–Trinajstić information content (AvgIpc) is 2.91. The molecule has 0 spiro atoms. The van der Waals surface area contributed by atoms with Gasteiger partial charge >= 0.3 is 6.18 Å². The van der Waals surface area contributed by atoms with Crippen LogP contribution in [0.25, 0.3) is 0 Å². The third-order valence-corrected chi connectivity index (χ3v) is 8.25. The summed E-state index contributed by atoms with van der Waals surface area (Å²) in [6.07, 6.45) is -3.65. The first-order valence-corrected chi connectivity index (χ1v) is 13.7. The van der Waals surface area contributed by atoms with Gasteiger partial charge in [-0.05, 0) is 43.4 Å². The number of halogens is 4. The molecule has 1 aliphatic heterocycles. The Morgan fingerprint density at radius 2 is 1.74 bits per heavy atom. The molecule has 2 fully saturated rings. The summed E-state index contributed by atoms with van der Waals surface area (Å²) in [6, 6.07) is 2.55. The maximum Gasteiger partial charge on any atom is 0.391 e. The second-order valence-electron chi connectivity index (χ2n) is 11.0. The molecule has 218 valence electrons. The molecule has 12 heteroatoms. The van der Waals surface area contributed by atoms with Crippen LogP contribution in [0.2, 0.25) is 0 Å². The van der Waals surface area contributed by atoms with Crippen LogP contribution < -0.4 is 21.3 Å². The molecule has 1 aromatic rings. The topological polar surface area (TPSA) is 111 Å². The third-order valence-electron chi connectivity index (χ3n) is 8.25. The van der Waals surface area contributed by atoms with Gasteiger partial charge in [0.1, 0.15) is 11.9 Å². The summed E-state index contributed by atoms with van der Waals surface area (Å²) in [6.45, 7) is 6.17. The maximum atomic E-state index is 15.1. The van der Waals surface area contributed by atoms with E-state index in [0.717, 1.165) is 13.1 Å². The molecule has 0 radical (unpaired) electrons. The number of carbonyl (C=O) groups is 3. The molecule has 1 saturated heterocycles.